The fraction of sp³-hybridized carbons (Fsp3) is 0.362. The van der Waals surface area contributed by atoms with Gasteiger partial charge in [-0.25, -0.2) is 9.03 Å². The van der Waals surface area contributed by atoms with Crippen LogP contribution in [0.4, 0.5) is 26.3 Å². The van der Waals surface area contributed by atoms with Crippen molar-refractivity contribution in [2.75, 3.05) is 7.11 Å². The molecule has 6 saturated carbocycles. The third-order valence-corrected chi connectivity index (χ3v) is 13.4. The van der Waals surface area contributed by atoms with Gasteiger partial charge in [-0.3, -0.25) is 19.2 Å². The topological polar surface area (TPSA) is 186 Å². The number of hydrogen-bond acceptors (Lipinski definition) is 8. The summed E-state index contributed by atoms with van der Waals surface area (Å²) in [5.41, 5.74) is 2.72. The summed E-state index contributed by atoms with van der Waals surface area (Å²) in [7, 11) is 1.37. The first-order valence-corrected chi connectivity index (χ1v) is 20.9. The fourth-order valence-electron chi connectivity index (χ4n) is 10.9. The molecule has 2 aromatic carbocycles. The number of amides is 2. The van der Waals surface area contributed by atoms with Crippen LogP contribution in [0.1, 0.15) is 105 Å². The van der Waals surface area contributed by atoms with Gasteiger partial charge in [0.05, 0.1) is 65.6 Å². The summed E-state index contributed by atoms with van der Waals surface area (Å²) in [6.45, 7) is 0. The molecule has 6 fully saturated rings. The molecule has 4 heterocycles. The van der Waals surface area contributed by atoms with Crippen molar-refractivity contribution >= 4 is 34.8 Å². The van der Waals surface area contributed by atoms with Crippen LogP contribution >= 0.6 is 0 Å². The maximum Gasteiger partial charge on any atom is 1.00 e. The fourth-order valence-corrected chi connectivity index (χ4v) is 10.9. The van der Waals surface area contributed by atoms with Crippen molar-refractivity contribution in [1.82, 2.24) is 29.9 Å². The van der Waals surface area contributed by atoms with Crippen molar-refractivity contribution in [1.29, 1.82) is 0 Å². The smallest absolute Gasteiger partial charge is 0.870 e. The van der Waals surface area contributed by atoms with Gasteiger partial charge in [0.15, 0.2) is 0 Å². The Balaban J connectivity index is 0.000000193. The van der Waals surface area contributed by atoms with E-state index in [0.29, 0.717) is 71.8 Å². The second-order valence-electron chi connectivity index (χ2n) is 18.4. The number of esters is 1. The number of halogens is 6. The largest absolute Gasteiger partial charge is 1.00 e. The number of benzene rings is 2. The van der Waals surface area contributed by atoms with E-state index >= 15 is 0 Å². The number of nitrogens with zero attached hydrogens (tertiary/aromatic N) is 4. The molecule has 0 aliphatic heterocycles. The summed E-state index contributed by atoms with van der Waals surface area (Å²) < 4.78 is 85.0. The van der Waals surface area contributed by atoms with Crippen LogP contribution in [0.15, 0.2) is 97.6 Å². The van der Waals surface area contributed by atoms with Crippen LogP contribution in [0.25, 0.3) is 11.0 Å². The molecule has 6 aliphatic rings. The summed E-state index contributed by atoms with van der Waals surface area (Å²) in [6, 6.07) is 17.2. The molecule has 12 rings (SSSR count). The first-order valence-electron chi connectivity index (χ1n) is 20.9. The van der Waals surface area contributed by atoms with Crippen LogP contribution in [-0.4, -0.2) is 71.8 Å². The Labute approximate surface area is 400 Å². The van der Waals surface area contributed by atoms with Gasteiger partial charge in [-0.15, -0.1) is 0 Å². The standard InChI is InChI=1S/C24H22F3N3O3.C23H20F3N3O3.Na.H2O/c1-33-19(31)10-22-12-23(13-22,14-22)29-21(32)18-11-28-30-8-2-3-16(20(18)30)9-15-4-6-17(7-5-15)24(25,26)27;24-23(25,26)16-5-3-14(4-6-16)8-15-2-1-7-29-19(15)17(10-27-29)20(32)28-22-11-21(12-22,13-22)9-18(30)31;;/h2-8,11H,9-10,12-14H2,1H3,(H,29,32);1-7,10H,8-9,11-13H2,(H,28,32)(H,30,31);;1H2/q;;+1;/p-1. The first kappa shape index (κ1) is 49.2. The third kappa shape index (κ3) is 9.55. The number of alkyl halides is 6. The number of methoxy groups -OCH3 is 1. The quantitative estimate of drug-likeness (QED) is 0.0858. The molecule has 0 spiro atoms. The predicted octanol–water partition coefficient (Wildman–Crippen LogP) is 5.06. The van der Waals surface area contributed by atoms with Gasteiger partial charge in [-0.05, 0) is 121 Å². The number of ether oxygens (including phenoxy) is 1. The number of carbonyl (C=O) groups excluding carboxylic acids is 3. The molecule has 6 aliphatic carbocycles. The van der Waals surface area contributed by atoms with Gasteiger partial charge in [-0.2, -0.15) is 36.5 Å². The minimum atomic E-state index is -4.39. The SMILES string of the molecule is COC(=O)CC12CC(NC(=O)c3cnn4cccc(Cc5ccc(C(F)(F)F)cc5)c34)(C1)C2.O=C(O)CC12CC(NC(=O)c3cnn4cccc(Cc5ccc(C(F)(F)F)cc5)c34)(C1)C2.[Na+].[OH-]. The van der Waals surface area contributed by atoms with Crippen LogP contribution in [0.2, 0.25) is 0 Å². The van der Waals surface area contributed by atoms with Gasteiger partial charge in [0.25, 0.3) is 11.8 Å². The molecule has 13 nitrogen and oxygen atoms in total. The number of fused-ring (bicyclic) bond motifs is 2. The average Bonchev–Trinajstić information content (AvgIpc) is 3.85. The van der Waals surface area contributed by atoms with E-state index in [1.54, 1.807) is 33.6 Å². The minimum absolute atomic E-state index is 0. The number of hydrogen-bond donors (Lipinski definition) is 3. The molecule has 0 unspecified atom stereocenters. The Morgan fingerprint density at radius 1 is 0.642 bits per heavy atom. The van der Waals surface area contributed by atoms with E-state index < -0.39 is 29.4 Å². The molecule has 0 saturated heterocycles. The van der Waals surface area contributed by atoms with E-state index in [1.807, 2.05) is 12.1 Å². The van der Waals surface area contributed by atoms with Gasteiger partial charge in [0.1, 0.15) is 0 Å². The Bertz CT molecular complexity index is 2840. The Morgan fingerprint density at radius 3 is 1.36 bits per heavy atom. The van der Waals surface area contributed by atoms with Crippen molar-refractivity contribution in [3.63, 3.8) is 0 Å². The molecule has 346 valence electrons. The van der Waals surface area contributed by atoms with Gasteiger partial charge in [0.2, 0.25) is 0 Å². The van der Waals surface area contributed by atoms with Crippen molar-refractivity contribution in [2.45, 2.75) is 87.6 Å². The number of pyridine rings is 2. The summed E-state index contributed by atoms with van der Waals surface area (Å²) in [6.07, 6.45) is 3.11. The Hall–Kier alpha value is -5.76. The molecule has 4 N–H and O–H groups in total. The molecule has 4 aromatic heterocycles. The van der Waals surface area contributed by atoms with Crippen molar-refractivity contribution < 1.29 is 90.4 Å². The zero-order valence-corrected chi connectivity index (χ0v) is 38.3. The molecule has 2 amide bonds. The van der Waals surface area contributed by atoms with Crippen molar-refractivity contribution in [3.8, 4) is 0 Å². The van der Waals surface area contributed by atoms with Gasteiger partial charge < -0.3 is 26.0 Å². The molecular formula is C47H43F6N6NaO7. The Kier molecular flexibility index (Phi) is 13.0. The van der Waals surface area contributed by atoms with Gasteiger partial charge in [0, 0.05) is 23.5 Å². The number of carbonyl (C=O) groups is 4. The molecule has 20 heteroatoms. The van der Waals surface area contributed by atoms with Gasteiger partial charge in [-0.1, -0.05) is 36.4 Å². The summed E-state index contributed by atoms with van der Waals surface area (Å²) in [4.78, 5) is 48.7. The van der Waals surface area contributed by atoms with Crippen molar-refractivity contribution in [2.24, 2.45) is 10.8 Å². The zero-order valence-electron chi connectivity index (χ0n) is 36.3. The summed E-state index contributed by atoms with van der Waals surface area (Å²) in [5, 5.41) is 23.7. The van der Waals surface area contributed by atoms with E-state index in [-0.39, 0.29) is 81.1 Å². The van der Waals surface area contributed by atoms with Crippen LogP contribution in [0, 0.1) is 10.8 Å². The van der Waals surface area contributed by atoms with Crippen LogP contribution < -0.4 is 40.2 Å². The molecule has 4 bridgehead atoms. The zero-order chi connectivity index (χ0) is 46.2. The number of aromatic nitrogens is 4. The maximum atomic E-state index is 13.1. The normalized spacial score (nSPS) is 23.0. The molecule has 0 radical (unpaired) electrons. The third-order valence-electron chi connectivity index (χ3n) is 13.4. The summed E-state index contributed by atoms with van der Waals surface area (Å²) >= 11 is 0. The van der Waals surface area contributed by atoms with E-state index in [0.717, 1.165) is 54.7 Å². The number of nitrogens with one attached hydrogen (secondary N) is 2. The average molecular weight is 941 g/mol. The number of rotatable bonds is 12. The van der Waals surface area contributed by atoms with Crippen LogP contribution in [-0.2, 0) is 39.5 Å². The van der Waals surface area contributed by atoms with Crippen LogP contribution in [0.5, 0.6) is 0 Å². The summed E-state index contributed by atoms with van der Waals surface area (Å²) in [5.74, 6) is -1.56. The van der Waals surface area contributed by atoms with Crippen LogP contribution in [0.3, 0.4) is 0 Å². The Morgan fingerprint density at radius 2 is 1.01 bits per heavy atom. The van der Waals surface area contributed by atoms with E-state index in [9.17, 15) is 45.5 Å². The number of carboxylic acids is 1. The molecule has 0 atom stereocenters. The first-order chi connectivity index (χ1) is 30.7. The molecular weight excluding hydrogens is 898 g/mol. The van der Waals surface area contributed by atoms with E-state index in [1.165, 1.54) is 43.8 Å². The monoisotopic (exact) mass is 940 g/mol. The predicted molar refractivity (Wildman–Crippen MR) is 223 cm³/mol. The minimum Gasteiger partial charge on any atom is -0.870 e. The number of carboxylic acid groups (broad SMARTS) is 1. The molecule has 67 heavy (non-hydrogen) atoms. The van der Waals surface area contributed by atoms with Crippen molar-refractivity contribution in [3.05, 3.63) is 142 Å². The van der Waals surface area contributed by atoms with E-state index in [4.69, 9.17) is 9.84 Å². The second kappa shape index (κ2) is 17.7. The van der Waals surface area contributed by atoms with E-state index in [2.05, 4.69) is 20.8 Å². The maximum absolute atomic E-state index is 13.1. The second-order valence-corrected chi connectivity index (χ2v) is 18.4. The number of aliphatic carboxylic acids is 1. The molecule has 6 aromatic rings. The van der Waals surface area contributed by atoms with Gasteiger partial charge >= 0.3 is 53.8 Å².